The van der Waals surface area contributed by atoms with E-state index in [1.54, 1.807) is 28.7 Å². The van der Waals surface area contributed by atoms with Gasteiger partial charge in [0.15, 0.2) is 0 Å². The third-order valence-electron chi connectivity index (χ3n) is 2.65. The first-order chi connectivity index (χ1) is 8.75. The number of thiophene rings is 2. The molecule has 0 aliphatic rings. The molecular formula is C13H10N2OS2. The lowest BCUT2D eigenvalue weighted by Crippen LogP contribution is -2.27. The monoisotopic (exact) mass is 274 g/mol. The summed E-state index contributed by atoms with van der Waals surface area (Å²) in [5, 5.41) is 3.96. The summed E-state index contributed by atoms with van der Waals surface area (Å²) < 4.78 is 1.20. The SMILES string of the molecule is Nn1c(-c2cccs2)cc(-c2cccs2)cc1=O. The third-order valence-corrected chi connectivity index (χ3v) is 4.46. The Morgan fingerprint density at radius 2 is 1.67 bits per heavy atom. The smallest absolute Gasteiger partial charge is 0.269 e. The van der Waals surface area contributed by atoms with Crippen LogP contribution in [0.3, 0.4) is 0 Å². The lowest BCUT2D eigenvalue weighted by Gasteiger charge is -2.07. The predicted molar refractivity (Wildman–Crippen MR) is 77.5 cm³/mol. The van der Waals surface area contributed by atoms with Gasteiger partial charge in [-0.2, -0.15) is 0 Å². The summed E-state index contributed by atoms with van der Waals surface area (Å²) in [4.78, 5) is 14.0. The van der Waals surface area contributed by atoms with Crippen LogP contribution in [-0.2, 0) is 0 Å². The van der Waals surface area contributed by atoms with Gasteiger partial charge in [-0.1, -0.05) is 12.1 Å². The van der Waals surface area contributed by atoms with Crippen molar-refractivity contribution in [2.24, 2.45) is 0 Å². The zero-order valence-corrected chi connectivity index (χ0v) is 11.0. The number of hydrogen-bond donors (Lipinski definition) is 1. The highest BCUT2D eigenvalue weighted by atomic mass is 32.1. The van der Waals surface area contributed by atoms with E-state index in [-0.39, 0.29) is 5.56 Å². The summed E-state index contributed by atoms with van der Waals surface area (Å²) >= 11 is 3.18. The van der Waals surface area contributed by atoms with E-state index >= 15 is 0 Å². The molecule has 5 heteroatoms. The number of hydrogen-bond acceptors (Lipinski definition) is 4. The van der Waals surface area contributed by atoms with Crippen LogP contribution >= 0.6 is 22.7 Å². The lowest BCUT2D eigenvalue weighted by molar-refractivity contribution is 0.952. The highest BCUT2D eigenvalue weighted by Crippen LogP contribution is 2.29. The van der Waals surface area contributed by atoms with E-state index in [2.05, 4.69) is 0 Å². The van der Waals surface area contributed by atoms with Gasteiger partial charge < -0.3 is 5.84 Å². The summed E-state index contributed by atoms with van der Waals surface area (Å²) in [6.07, 6.45) is 0. The van der Waals surface area contributed by atoms with Crippen LogP contribution in [0.1, 0.15) is 0 Å². The van der Waals surface area contributed by atoms with Crippen LogP contribution in [0.25, 0.3) is 21.0 Å². The highest BCUT2D eigenvalue weighted by Gasteiger charge is 2.09. The van der Waals surface area contributed by atoms with Gasteiger partial charge in [0.25, 0.3) is 5.56 Å². The van der Waals surface area contributed by atoms with E-state index in [1.165, 1.54) is 4.68 Å². The average molecular weight is 274 g/mol. The normalized spacial score (nSPS) is 10.7. The minimum Gasteiger partial charge on any atom is -0.336 e. The summed E-state index contributed by atoms with van der Waals surface area (Å²) in [6.45, 7) is 0. The van der Waals surface area contributed by atoms with E-state index in [4.69, 9.17) is 5.84 Å². The molecule has 3 aromatic heterocycles. The Morgan fingerprint density at radius 3 is 2.28 bits per heavy atom. The molecule has 3 rings (SSSR count). The second-order valence-corrected chi connectivity index (χ2v) is 5.69. The minimum atomic E-state index is -0.190. The minimum absolute atomic E-state index is 0.190. The van der Waals surface area contributed by atoms with Crippen LogP contribution in [0.15, 0.2) is 52.0 Å². The maximum Gasteiger partial charge on any atom is 0.269 e. The first-order valence-corrected chi connectivity index (χ1v) is 7.11. The van der Waals surface area contributed by atoms with Crippen LogP contribution < -0.4 is 11.4 Å². The Labute approximate surface area is 112 Å². The van der Waals surface area contributed by atoms with Crippen molar-refractivity contribution in [3.05, 3.63) is 57.5 Å². The van der Waals surface area contributed by atoms with Crippen molar-refractivity contribution in [2.75, 3.05) is 5.84 Å². The Morgan fingerprint density at radius 1 is 1.00 bits per heavy atom. The van der Waals surface area contributed by atoms with Crippen molar-refractivity contribution in [2.45, 2.75) is 0 Å². The highest BCUT2D eigenvalue weighted by molar-refractivity contribution is 7.14. The van der Waals surface area contributed by atoms with Crippen molar-refractivity contribution in [1.29, 1.82) is 0 Å². The van der Waals surface area contributed by atoms with Crippen LogP contribution in [-0.4, -0.2) is 4.68 Å². The standard InChI is InChI=1S/C13H10N2OS2/c14-15-10(12-4-2-6-18-12)7-9(8-13(15)16)11-3-1-5-17-11/h1-8H,14H2. The van der Waals surface area contributed by atoms with Crippen LogP contribution in [0.4, 0.5) is 0 Å². The van der Waals surface area contributed by atoms with Crippen molar-refractivity contribution in [3.63, 3.8) is 0 Å². The number of rotatable bonds is 2. The van der Waals surface area contributed by atoms with E-state index in [9.17, 15) is 4.79 Å². The van der Waals surface area contributed by atoms with Gasteiger partial charge in [-0.25, -0.2) is 4.68 Å². The van der Waals surface area contributed by atoms with E-state index in [1.807, 2.05) is 41.1 Å². The summed E-state index contributed by atoms with van der Waals surface area (Å²) in [6, 6.07) is 11.4. The molecule has 90 valence electrons. The van der Waals surface area contributed by atoms with Gasteiger partial charge in [-0.15, -0.1) is 22.7 Å². The zero-order chi connectivity index (χ0) is 12.5. The summed E-state index contributed by atoms with van der Waals surface area (Å²) in [5.41, 5.74) is 1.48. The van der Waals surface area contributed by atoms with Gasteiger partial charge in [-0.05, 0) is 34.5 Å². The molecule has 0 saturated heterocycles. The van der Waals surface area contributed by atoms with Crippen LogP contribution in [0.2, 0.25) is 0 Å². The molecule has 3 aromatic rings. The molecule has 3 nitrogen and oxygen atoms in total. The Kier molecular flexibility index (Phi) is 2.77. The van der Waals surface area contributed by atoms with Crippen molar-refractivity contribution < 1.29 is 0 Å². The molecule has 0 aromatic carbocycles. The number of nitrogen functional groups attached to an aromatic ring is 1. The average Bonchev–Trinajstić information content (AvgIpc) is 3.03. The van der Waals surface area contributed by atoms with E-state index in [0.717, 1.165) is 21.0 Å². The number of pyridine rings is 1. The van der Waals surface area contributed by atoms with Gasteiger partial charge in [0, 0.05) is 10.9 Å². The first-order valence-electron chi connectivity index (χ1n) is 5.35. The molecule has 3 heterocycles. The molecule has 0 fully saturated rings. The maximum absolute atomic E-state index is 11.9. The molecule has 0 atom stereocenters. The van der Waals surface area contributed by atoms with E-state index < -0.39 is 0 Å². The second kappa shape index (κ2) is 4.44. The molecule has 0 saturated carbocycles. The maximum atomic E-state index is 11.9. The topological polar surface area (TPSA) is 48.0 Å². The fraction of sp³-hybridized carbons (Fsp3) is 0. The fourth-order valence-corrected chi connectivity index (χ4v) is 3.23. The molecule has 2 N–H and O–H groups in total. The number of nitrogens with two attached hydrogens (primary N) is 1. The van der Waals surface area contributed by atoms with Gasteiger partial charge in [0.05, 0.1) is 10.6 Å². The van der Waals surface area contributed by atoms with Gasteiger partial charge in [0.2, 0.25) is 0 Å². The van der Waals surface area contributed by atoms with Crippen molar-refractivity contribution in [3.8, 4) is 21.0 Å². The fourth-order valence-electron chi connectivity index (χ4n) is 1.78. The lowest BCUT2D eigenvalue weighted by atomic mass is 10.2. The van der Waals surface area contributed by atoms with Crippen LogP contribution in [0.5, 0.6) is 0 Å². The van der Waals surface area contributed by atoms with Crippen molar-refractivity contribution in [1.82, 2.24) is 4.68 Å². The predicted octanol–water partition coefficient (Wildman–Crippen LogP) is 3.02. The molecule has 0 amide bonds. The Hall–Kier alpha value is -1.85. The first kappa shape index (κ1) is 11.3. The molecule has 18 heavy (non-hydrogen) atoms. The molecule has 0 aliphatic heterocycles. The molecule has 0 aliphatic carbocycles. The Balaban J connectivity index is 2.24. The summed E-state index contributed by atoms with van der Waals surface area (Å²) in [7, 11) is 0. The molecule has 0 radical (unpaired) electrons. The zero-order valence-electron chi connectivity index (χ0n) is 9.37. The largest absolute Gasteiger partial charge is 0.336 e. The molecule has 0 unspecified atom stereocenters. The second-order valence-electron chi connectivity index (χ2n) is 3.79. The van der Waals surface area contributed by atoms with E-state index in [0.29, 0.717) is 0 Å². The quantitative estimate of drug-likeness (QED) is 0.730. The van der Waals surface area contributed by atoms with Crippen molar-refractivity contribution >= 4 is 22.7 Å². The molecular weight excluding hydrogens is 264 g/mol. The Bertz CT molecular complexity index is 712. The molecule has 0 bridgehead atoms. The third kappa shape index (κ3) is 1.87. The number of aromatic nitrogens is 1. The van der Waals surface area contributed by atoms with Gasteiger partial charge in [-0.3, -0.25) is 4.79 Å². The molecule has 0 spiro atoms. The summed E-state index contributed by atoms with van der Waals surface area (Å²) in [5.74, 6) is 5.81. The van der Waals surface area contributed by atoms with Gasteiger partial charge in [0.1, 0.15) is 0 Å². The number of nitrogens with zero attached hydrogens (tertiary/aromatic N) is 1. The van der Waals surface area contributed by atoms with Crippen LogP contribution in [0, 0.1) is 0 Å². The van der Waals surface area contributed by atoms with Gasteiger partial charge >= 0.3 is 0 Å².